The van der Waals surface area contributed by atoms with E-state index in [-0.39, 0.29) is 17.6 Å². The molecule has 1 fully saturated rings. The second-order valence-electron chi connectivity index (χ2n) is 9.05. The van der Waals surface area contributed by atoms with E-state index in [0.29, 0.717) is 5.56 Å². The molecule has 2 aromatic heterocycles. The van der Waals surface area contributed by atoms with E-state index in [9.17, 15) is 24.0 Å². The van der Waals surface area contributed by atoms with Gasteiger partial charge in [0, 0.05) is 32.5 Å². The van der Waals surface area contributed by atoms with Gasteiger partial charge in [-0.25, -0.2) is 9.78 Å². The topological polar surface area (TPSA) is 170 Å². The summed E-state index contributed by atoms with van der Waals surface area (Å²) in [7, 11) is 0. The Morgan fingerprint density at radius 2 is 1.63 bits per heavy atom. The van der Waals surface area contributed by atoms with Crippen LogP contribution in [-0.4, -0.2) is 74.3 Å². The Kier molecular flexibility index (Phi) is 7.17. The maximum Gasteiger partial charge on any atom is 0.411 e. The molecule has 1 saturated heterocycles. The van der Waals surface area contributed by atoms with E-state index in [1.165, 1.54) is 24.3 Å². The summed E-state index contributed by atoms with van der Waals surface area (Å²) < 4.78 is 21.8. The molecule has 0 radical (unpaired) electrons. The lowest BCUT2D eigenvalue weighted by atomic mass is 10.0. The van der Waals surface area contributed by atoms with Gasteiger partial charge in [0.15, 0.2) is 12.2 Å². The zero-order chi connectivity index (χ0) is 26.1. The number of carbonyl (C=O) groups excluding carboxylic acids is 4. The highest BCUT2D eigenvalue weighted by Gasteiger charge is 2.57. The molecule has 4 atom stereocenters. The van der Waals surface area contributed by atoms with Gasteiger partial charge in [-0.3, -0.25) is 24.1 Å². The minimum Gasteiger partial charge on any atom is -0.464 e. The number of fused-ring (bicyclic) bond motifs is 1. The third-order valence-electron chi connectivity index (χ3n) is 5.15. The number of esters is 3. The van der Waals surface area contributed by atoms with Crippen molar-refractivity contribution in [2.24, 2.45) is 0 Å². The summed E-state index contributed by atoms with van der Waals surface area (Å²) in [6.07, 6.45) is -0.657. The number of aromatic nitrogens is 3. The number of hydrogen-bond donors (Lipinski definition) is 2. The number of H-pyrrole nitrogens is 2. The molecule has 13 nitrogen and oxygen atoms in total. The van der Waals surface area contributed by atoms with Crippen LogP contribution in [0.15, 0.2) is 17.3 Å². The van der Waals surface area contributed by atoms with Crippen molar-refractivity contribution in [3.05, 3.63) is 28.4 Å². The lowest BCUT2D eigenvalue weighted by molar-refractivity contribution is -0.165. The molecule has 1 amide bonds. The van der Waals surface area contributed by atoms with Crippen LogP contribution in [0.25, 0.3) is 11.0 Å². The van der Waals surface area contributed by atoms with Crippen LogP contribution in [0, 0.1) is 0 Å². The van der Waals surface area contributed by atoms with Crippen LogP contribution in [0.1, 0.15) is 53.1 Å². The van der Waals surface area contributed by atoms with Gasteiger partial charge in [0.1, 0.15) is 35.3 Å². The van der Waals surface area contributed by atoms with Crippen molar-refractivity contribution in [3.8, 4) is 0 Å². The number of aromatic amines is 2. The van der Waals surface area contributed by atoms with Crippen molar-refractivity contribution >= 4 is 35.0 Å². The van der Waals surface area contributed by atoms with Crippen LogP contribution < -0.4 is 5.56 Å². The molecule has 3 rings (SSSR count). The fraction of sp³-hybridized carbons (Fsp3) is 0.545. The molecule has 2 N–H and O–H groups in total. The van der Waals surface area contributed by atoms with Crippen LogP contribution >= 0.6 is 0 Å². The SMILES string of the molecule is CC(=O)OC[C@@H]1[C@@H](OC(C)=O)[C@H](OC(C)=O)[C@H](c2c[nH]c3c(=O)[nH]cnc23)N1C(=O)OC(C)(C)C. The van der Waals surface area contributed by atoms with Crippen molar-refractivity contribution < 1.29 is 38.1 Å². The first-order valence-corrected chi connectivity index (χ1v) is 10.8. The number of nitrogens with one attached hydrogen (secondary N) is 2. The van der Waals surface area contributed by atoms with Crippen LogP contribution in [-0.2, 0) is 33.3 Å². The molecule has 0 unspecified atom stereocenters. The fourth-order valence-electron chi connectivity index (χ4n) is 4.05. The van der Waals surface area contributed by atoms with Gasteiger partial charge in [-0.2, -0.15) is 0 Å². The van der Waals surface area contributed by atoms with E-state index < -0.39 is 59.5 Å². The molecule has 35 heavy (non-hydrogen) atoms. The standard InChI is InChI=1S/C22H28N4O9/c1-10(27)32-8-14-18(33-11(2)28)19(34-12(3)29)17(26(14)21(31)35-22(4,5)6)13-7-23-16-15(13)24-9-25-20(16)30/h7,9,14,17-19,23H,8H2,1-6H3,(H,24,25,30)/t14-,17+,18-,19-/m1/s1. The number of amides is 1. The van der Waals surface area contributed by atoms with Crippen molar-refractivity contribution in [3.63, 3.8) is 0 Å². The van der Waals surface area contributed by atoms with Gasteiger partial charge < -0.3 is 28.9 Å². The molecule has 1 aliphatic rings. The Hall–Kier alpha value is -3.90. The van der Waals surface area contributed by atoms with Gasteiger partial charge in [-0.1, -0.05) is 0 Å². The Bertz CT molecular complexity index is 1200. The molecule has 1 aliphatic heterocycles. The van der Waals surface area contributed by atoms with Crippen LogP contribution in [0.3, 0.4) is 0 Å². The average molecular weight is 492 g/mol. The maximum atomic E-state index is 13.5. The number of nitrogens with zero attached hydrogens (tertiary/aromatic N) is 2. The largest absolute Gasteiger partial charge is 0.464 e. The highest BCUT2D eigenvalue weighted by molar-refractivity contribution is 5.80. The summed E-state index contributed by atoms with van der Waals surface area (Å²) in [6.45, 7) is 8.12. The number of rotatable bonds is 5. The first kappa shape index (κ1) is 25.7. The van der Waals surface area contributed by atoms with E-state index in [2.05, 4.69) is 15.0 Å². The first-order valence-electron chi connectivity index (χ1n) is 10.8. The number of likely N-dealkylation sites (tertiary alicyclic amines) is 1. The summed E-state index contributed by atoms with van der Waals surface area (Å²) in [5, 5.41) is 0. The lowest BCUT2D eigenvalue weighted by Gasteiger charge is -2.32. The third kappa shape index (κ3) is 5.61. The van der Waals surface area contributed by atoms with E-state index in [1.807, 2.05) is 0 Å². The van der Waals surface area contributed by atoms with E-state index >= 15 is 0 Å². The normalized spacial score (nSPS) is 22.1. The molecule has 2 aromatic rings. The smallest absolute Gasteiger partial charge is 0.411 e. The quantitative estimate of drug-likeness (QED) is 0.458. The fourth-order valence-corrected chi connectivity index (χ4v) is 4.05. The van der Waals surface area contributed by atoms with Crippen molar-refractivity contribution in [1.29, 1.82) is 0 Å². The second kappa shape index (κ2) is 9.76. The molecule has 3 heterocycles. The van der Waals surface area contributed by atoms with Gasteiger partial charge in [-0.15, -0.1) is 0 Å². The minimum absolute atomic E-state index is 0.126. The van der Waals surface area contributed by atoms with E-state index in [1.54, 1.807) is 20.8 Å². The molecule has 190 valence electrons. The van der Waals surface area contributed by atoms with E-state index in [4.69, 9.17) is 18.9 Å². The average Bonchev–Trinajstić information content (AvgIpc) is 3.25. The van der Waals surface area contributed by atoms with Crippen LogP contribution in [0.4, 0.5) is 4.79 Å². The Labute approximate surface area is 200 Å². The monoisotopic (exact) mass is 492 g/mol. The minimum atomic E-state index is -1.23. The van der Waals surface area contributed by atoms with E-state index in [0.717, 1.165) is 13.8 Å². The molecule has 13 heteroatoms. The Morgan fingerprint density at radius 1 is 1.00 bits per heavy atom. The second-order valence-corrected chi connectivity index (χ2v) is 9.05. The molecule has 0 saturated carbocycles. The molecule has 0 aliphatic carbocycles. The zero-order valence-electron chi connectivity index (χ0n) is 20.2. The highest BCUT2D eigenvalue weighted by Crippen LogP contribution is 2.43. The molecule has 0 spiro atoms. The third-order valence-corrected chi connectivity index (χ3v) is 5.15. The molecular weight excluding hydrogens is 464 g/mol. The Morgan fingerprint density at radius 3 is 2.20 bits per heavy atom. The summed E-state index contributed by atoms with van der Waals surface area (Å²) in [6, 6.07) is -2.19. The maximum absolute atomic E-state index is 13.5. The highest BCUT2D eigenvalue weighted by atomic mass is 16.6. The molecule has 0 aromatic carbocycles. The summed E-state index contributed by atoms with van der Waals surface area (Å²) >= 11 is 0. The van der Waals surface area contributed by atoms with Crippen molar-refractivity contribution in [1.82, 2.24) is 19.9 Å². The van der Waals surface area contributed by atoms with Gasteiger partial charge in [0.05, 0.1) is 6.33 Å². The number of hydrogen-bond acceptors (Lipinski definition) is 10. The van der Waals surface area contributed by atoms with Gasteiger partial charge in [-0.05, 0) is 20.8 Å². The van der Waals surface area contributed by atoms with Gasteiger partial charge in [0.2, 0.25) is 0 Å². The van der Waals surface area contributed by atoms with Crippen molar-refractivity contribution in [2.45, 2.75) is 71.4 Å². The zero-order valence-corrected chi connectivity index (χ0v) is 20.2. The first-order chi connectivity index (χ1) is 16.3. The van der Waals surface area contributed by atoms with Crippen LogP contribution in [0.2, 0.25) is 0 Å². The Balaban J connectivity index is 2.24. The summed E-state index contributed by atoms with van der Waals surface area (Å²) in [5.41, 5.74) is -0.731. The molecule has 0 bridgehead atoms. The lowest BCUT2D eigenvalue weighted by Crippen LogP contribution is -2.47. The number of carbonyl (C=O) groups is 4. The number of ether oxygens (including phenoxy) is 4. The van der Waals surface area contributed by atoms with Gasteiger partial charge in [0.25, 0.3) is 5.56 Å². The van der Waals surface area contributed by atoms with Gasteiger partial charge >= 0.3 is 24.0 Å². The molecular formula is C22H28N4O9. The summed E-state index contributed by atoms with van der Waals surface area (Å²) in [5.74, 6) is -2.05. The predicted octanol–water partition coefficient (Wildman–Crippen LogP) is 1.34. The summed E-state index contributed by atoms with van der Waals surface area (Å²) in [4.78, 5) is 72.1. The van der Waals surface area contributed by atoms with Crippen molar-refractivity contribution in [2.75, 3.05) is 6.61 Å². The van der Waals surface area contributed by atoms with Crippen LogP contribution in [0.5, 0.6) is 0 Å². The predicted molar refractivity (Wildman–Crippen MR) is 119 cm³/mol.